The Morgan fingerprint density at radius 2 is 1.82 bits per heavy atom. The van der Waals surface area contributed by atoms with Crippen LogP contribution in [0.2, 0.25) is 0 Å². The maximum absolute atomic E-state index is 13.9. The van der Waals surface area contributed by atoms with Crippen LogP contribution in [0.15, 0.2) is 77.7 Å². The van der Waals surface area contributed by atoms with Crippen molar-refractivity contribution in [2.45, 2.75) is 24.3 Å². The first kappa shape index (κ1) is 28.1. The van der Waals surface area contributed by atoms with Gasteiger partial charge in [0.15, 0.2) is 6.10 Å². The van der Waals surface area contributed by atoms with Gasteiger partial charge >= 0.3 is 0 Å². The molecule has 0 spiro atoms. The Morgan fingerprint density at radius 3 is 2.54 bits per heavy atom. The number of nitrogens with zero attached hydrogens (tertiary/aromatic N) is 2. The fourth-order valence-corrected chi connectivity index (χ4v) is 5.86. The molecule has 0 unspecified atom stereocenters. The van der Waals surface area contributed by atoms with Crippen LogP contribution in [0.4, 0.5) is 10.1 Å². The van der Waals surface area contributed by atoms with Gasteiger partial charge in [0, 0.05) is 13.1 Å². The highest BCUT2D eigenvalue weighted by atomic mass is 32.2. The number of likely N-dealkylation sites (N-methyl/N-ethyl adjacent to an activating group) is 1. The van der Waals surface area contributed by atoms with Gasteiger partial charge in [-0.2, -0.15) is 4.31 Å². The Hall–Kier alpha value is -3.96. The van der Waals surface area contributed by atoms with Gasteiger partial charge in [-0.25, -0.2) is 12.8 Å². The third-order valence-corrected chi connectivity index (χ3v) is 8.27. The van der Waals surface area contributed by atoms with Crippen LogP contribution in [0, 0.1) is 5.82 Å². The van der Waals surface area contributed by atoms with Gasteiger partial charge in [-0.15, -0.1) is 0 Å². The van der Waals surface area contributed by atoms with E-state index in [0.29, 0.717) is 24.4 Å². The highest BCUT2D eigenvalue weighted by Crippen LogP contribution is 2.34. The highest BCUT2D eigenvalue weighted by Gasteiger charge is 2.36. The number of rotatable bonds is 10. The molecular weight excluding hydrogens is 525 g/mol. The number of hydrogen-bond donors (Lipinski definition) is 1. The molecule has 0 aliphatic carbocycles. The van der Waals surface area contributed by atoms with E-state index >= 15 is 0 Å². The lowest BCUT2D eigenvalue weighted by Gasteiger charge is -2.35. The molecule has 0 saturated carbocycles. The molecular formula is C28H30FN3O6S. The summed E-state index contributed by atoms with van der Waals surface area (Å²) in [5.74, 6) is -1.40. The third kappa shape index (κ3) is 6.37. The summed E-state index contributed by atoms with van der Waals surface area (Å²) in [4.78, 5) is 27.5. The molecule has 1 aliphatic rings. The van der Waals surface area contributed by atoms with Crippen LogP contribution in [-0.2, 0) is 26.0 Å². The summed E-state index contributed by atoms with van der Waals surface area (Å²) in [5, 5.41) is 2.85. The van der Waals surface area contributed by atoms with Crippen molar-refractivity contribution in [3.63, 3.8) is 0 Å². The van der Waals surface area contributed by atoms with Crippen molar-refractivity contribution in [1.29, 1.82) is 0 Å². The number of ether oxygens (including phenoxy) is 2. The number of carbonyl (C=O) groups is 2. The minimum atomic E-state index is -4.29. The van der Waals surface area contributed by atoms with Crippen LogP contribution in [0.5, 0.6) is 11.5 Å². The van der Waals surface area contributed by atoms with Crippen LogP contribution in [0.1, 0.15) is 12.5 Å². The van der Waals surface area contributed by atoms with E-state index < -0.39 is 34.4 Å². The Kier molecular flexibility index (Phi) is 8.82. The van der Waals surface area contributed by atoms with Gasteiger partial charge in [0.1, 0.15) is 22.2 Å². The van der Waals surface area contributed by atoms with Gasteiger partial charge in [-0.3, -0.25) is 9.59 Å². The molecule has 1 aliphatic heterocycles. The second-order valence-electron chi connectivity index (χ2n) is 8.83. The molecule has 9 nitrogen and oxygen atoms in total. The minimum absolute atomic E-state index is 0.0359. The second kappa shape index (κ2) is 12.3. The molecule has 39 heavy (non-hydrogen) atoms. The number of anilines is 1. The third-order valence-electron chi connectivity index (χ3n) is 6.33. The number of carbonyl (C=O) groups excluding carboxylic acids is 2. The Labute approximate surface area is 227 Å². The largest absolute Gasteiger partial charge is 0.495 e. The molecule has 3 aromatic carbocycles. The second-order valence-corrected chi connectivity index (χ2v) is 10.7. The Bertz CT molecular complexity index is 1430. The lowest BCUT2D eigenvalue weighted by Crippen LogP contribution is -2.53. The zero-order chi connectivity index (χ0) is 28.0. The number of sulfonamides is 1. The smallest absolute Gasteiger partial charge is 0.262 e. The van der Waals surface area contributed by atoms with E-state index in [9.17, 15) is 22.4 Å². The molecule has 0 fully saturated rings. The Balaban J connectivity index is 1.51. The first-order chi connectivity index (χ1) is 18.7. The topological polar surface area (TPSA) is 105 Å². The SMILES string of the molecule is CCN(CC(=O)N1C[C@@H](C(=O)NCCc2ccccc2)Oc2ccccc21)S(=O)(=O)c1cc(F)ccc1OC. The van der Waals surface area contributed by atoms with E-state index in [1.54, 1.807) is 31.2 Å². The maximum atomic E-state index is 13.9. The van der Waals surface area contributed by atoms with E-state index in [4.69, 9.17) is 9.47 Å². The maximum Gasteiger partial charge on any atom is 0.262 e. The molecule has 0 radical (unpaired) electrons. The van der Waals surface area contributed by atoms with Crippen molar-refractivity contribution in [2.24, 2.45) is 0 Å². The molecule has 206 valence electrons. The number of fused-ring (bicyclic) bond motifs is 1. The van der Waals surface area contributed by atoms with Gasteiger partial charge in [-0.05, 0) is 42.3 Å². The van der Waals surface area contributed by atoms with E-state index in [-0.39, 0.29) is 29.6 Å². The lowest BCUT2D eigenvalue weighted by atomic mass is 10.1. The molecule has 1 heterocycles. The average molecular weight is 556 g/mol. The first-order valence-corrected chi connectivity index (χ1v) is 13.9. The first-order valence-electron chi connectivity index (χ1n) is 12.5. The summed E-state index contributed by atoms with van der Waals surface area (Å²) in [5.41, 5.74) is 1.49. The monoisotopic (exact) mass is 555 g/mol. The van der Waals surface area contributed by atoms with Gasteiger partial charge in [0.2, 0.25) is 15.9 Å². The molecule has 0 bridgehead atoms. The number of amides is 2. The van der Waals surface area contributed by atoms with E-state index in [2.05, 4.69) is 5.32 Å². The van der Waals surface area contributed by atoms with E-state index in [0.717, 1.165) is 22.0 Å². The summed E-state index contributed by atoms with van der Waals surface area (Å²) in [7, 11) is -3.00. The summed E-state index contributed by atoms with van der Waals surface area (Å²) in [6.07, 6.45) is -0.361. The van der Waals surface area contributed by atoms with Gasteiger partial charge in [0.05, 0.1) is 25.9 Å². The van der Waals surface area contributed by atoms with Crippen molar-refractivity contribution in [3.05, 3.63) is 84.2 Å². The van der Waals surface area contributed by atoms with Crippen LogP contribution in [-0.4, -0.2) is 63.9 Å². The highest BCUT2D eigenvalue weighted by molar-refractivity contribution is 7.89. The predicted molar refractivity (Wildman–Crippen MR) is 144 cm³/mol. The van der Waals surface area contributed by atoms with E-state index in [1.807, 2.05) is 30.3 Å². The normalized spacial score (nSPS) is 14.9. The lowest BCUT2D eigenvalue weighted by molar-refractivity contribution is -0.128. The van der Waals surface area contributed by atoms with Crippen LogP contribution < -0.4 is 19.7 Å². The summed E-state index contributed by atoms with van der Waals surface area (Å²) >= 11 is 0. The molecule has 0 saturated heterocycles. The van der Waals surface area contributed by atoms with Gasteiger partial charge in [-0.1, -0.05) is 49.4 Å². The molecule has 1 N–H and O–H groups in total. The van der Waals surface area contributed by atoms with Crippen molar-refractivity contribution in [3.8, 4) is 11.5 Å². The standard InChI is InChI=1S/C28H30FN3O6S/c1-3-31(39(35,36)26-17-21(29)13-14-24(26)37-2)19-27(33)32-18-25(38-23-12-8-7-11-22(23)32)28(34)30-16-15-20-9-5-4-6-10-20/h4-14,17,25H,3,15-16,18-19H2,1-2H3,(H,30,34)/t25-/m0/s1. The van der Waals surface area contributed by atoms with Gasteiger partial charge in [0.25, 0.3) is 5.91 Å². The van der Waals surface area contributed by atoms with Crippen LogP contribution in [0.25, 0.3) is 0 Å². The molecule has 1 atom stereocenters. The summed E-state index contributed by atoms with van der Waals surface area (Å²) in [6.45, 7) is 1.27. The quantitative estimate of drug-likeness (QED) is 0.413. The fraction of sp³-hybridized carbons (Fsp3) is 0.286. The van der Waals surface area contributed by atoms with Crippen molar-refractivity contribution >= 4 is 27.5 Å². The Morgan fingerprint density at radius 1 is 1.10 bits per heavy atom. The minimum Gasteiger partial charge on any atom is -0.495 e. The van der Waals surface area contributed by atoms with Crippen molar-refractivity contribution < 1.29 is 31.9 Å². The number of methoxy groups -OCH3 is 1. The van der Waals surface area contributed by atoms with Crippen molar-refractivity contribution in [2.75, 3.05) is 38.2 Å². The molecule has 2 amide bonds. The van der Waals surface area contributed by atoms with Crippen molar-refractivity contribution in [1.82, 2.24) is 9.62 Å². The number of halogens is 1. The molecule has 4 rings (SSSR count). The number of para-hydroxylation sites is 2. The van der Waals surface area contributed by atoms with Gasteiger partial charge < -0.3 is 19.7 Å². The molecule has 11 heteroatoms. The van der Waals surface area contributed by atoms with Crippen LogP contribution in [0.3, 0.4) is 0 Å². The zero-order valence-electron chi connectivity index (χ0n) is 21.7. The molecule has 0 aromatic heterocycles. The summed E-state index contributed by atoms with van der Waals surface area (Å²) < 4.78 is 52.7. The number of benzene rings is 3. The average Bonchev–Trinajstić information content (AvgIpc) is 2.95. The fourth-order valence-electron chi connectivity index (χ4n) is 4.29. The number of hydrogen-bond acceptors (Lipinski definition) is 6. The molecule has 3 aromatic rings. The predicted octanol–water partition coefficient (Wildman–Crippen LogP) is 3.00. The summed E-state index contributed by atoms with van der Waals surface area (Å²) in [6, 6.07) is 19.6. The van der Waals surface area contributed by atoms with Crippen LogP contribution >= 0.6 is 0 Å². The number of nitrogens with one attached hydrogen (secondary N) is 1. The van der Waals surface area contributed by atoms with E-state index in [1.165, 1.54) is 18.1 Å². The zero-order valence-corrected chi connectivity index (χ0v) is 22.5.